The number of hydrogen-bond donors (Lipinski definition) is 2. The summed E-state index contributed by atoms with van der Waals surface area (Å²) in [4.78, 5) is 34.3. The number of aromatic nitrogens is 8. The van der Waals surface area contributed by atoms with Crippen LogP contribution in [0.2, 0.25) is 0 Å². The minimum Gasteiger partial charge on any atom is -0.495 e. The maximum absolute atomic E-state index is 12.4. The molecule has 0 spiro atoms. The van der Waals surface area contributed by atoms with Crippen molar-refractivity contribution in [2.45, 2.75) is 39.8 Å². The van der Waals surface area contributed by atoms with Crippen LogP contribution in [0.5, 0.6) is 11.5 Å². The Morgan fingerprint density at radius 1 is 0.611 bits per heavy atom. The lowest BCUT2D eigenvalue weighted by Crippen LogP contribution is -2.11. The molecule has 54 heavy (non-hydrogen) atoms. The highest BCUT2D eigenvalue weighted by atomic mass is 16.5. The summed E-state index contributed by atoms with van der Waals surface area (Å²) in [5, 5.41) is 12.5. The molecule has 0 radical (unpaired) electrons. The Balaban J connectivity index is 1.22. The van der Waals surface area contributed by atoms with Gasteiger partial charge in [-0.2, -0.15) is 10.2 Å². The summed E-state index contributed by atoms with van der Waals surface area (Å²) in [6.45, 7) is 5.19. The van der Waals surface area contributed by atoms with Crippen molar-refractivity contribution in [3.05, 3.63) is 83.4 Å². The summed E-state index contributed by atoms with van der Waals surface area (Å²) in [6, 6.07) is 15.2. The smallest absolute Gasteiger partial charge is 0.248 e. The molecule has 14 heteroatoms. The van der Waals surface area contributed by atoms with Crippen LogP contribution in [0.4, 0.5) is 0 Å². The number of carbonyl (C=O) groups excluding carboxylic acids is 2. The van der Waals surface area contributed by atoms with E-state index in [1.54, 1.807) is 26.4 Å². The van der Waals surface area contributed by atoms with E-state index >= 15 is 0 Å². The van der Waals surface area contributed by atoms with E-state index in [2.05, 4.69) is 31.5 Å². The number of methoxy groups -OCH3 is 2. The number of amides is 2. The first-order chi connectivity index (χ1) is 26.0. The summed E-state index contributed by atoms with van der Waals surface area (Å²) >= 11 is 0. The van der Waals surface area contributed by atoms with Gasteiger partial charge in [-0.25, -0.2) is 0 Å². The standard InChI is InChI=1S/C40H40N10O4/c1-21-11-33(47(3)45-21)29-17-31-27(19-43-29)25-13-23(39(41)51)15-35(53-5)37(25)49(31)9-7-8-10-50-32-18-30(34-12-22(2)46-48(34)4)44-20-28(32)26-14-24(40(42)52)16-36(54-6)38(26)50/h11-20H,7-10H2,1-6H3,(H2,41,51)(H2,42,52). The molecular formula is C40H40N10O4. The van der Waals surface area contributed by atoms with Gasteiger partial charge in [0.2, 0.25) is 11.8 Å². The number of nitrogens with two attached hydrogens (primary N) is 2. The van der Waals surface area contributed by atoms with Crippen LogP contribution < -0.4 is 20.9 Å². The van der Waals surface area contributed by atoms with Crippen molar-refractivity contribution >= 4 is 55.4 Å². The number of fused-ring (bicyclic) bond motifs is 6. The topological polar surface area (TPSA) is 176 Å². The molecule has 0 saturated heterocycles. The molecule has 0 aliphatic carbocycles. The summed E-state index contributed by atoms with van der Waals surface area (Å²) in [5.41, 5.74) is 21.0. The second-order valence-electron chi connectivity index (χ2n) is 13.7. The molecule has 0 aliphatic heterocycles. The number of hydrogen-bond acceptors (Lipinski definition) is 8. The highest BCUT2D eigenvalue weighted by molar-refractivity contribution is 6.14. The van der Waals surface area contributed by atoms with Gasteiger partial charge < -0.3 is 30.1 Å². The predicted octanol–water partition coefficient (Wildman–Crippen LogP) is 5.81. The molecular weight excluding hydrogens is 685 g/mol. The highest BCUT2D eigenvalue weighted by Gasteiger charge is 2.22. The van der Waals surface area contributed by atoms with Crippen LogP contribution in [-0.4, -0.2) is 64.7 Å². The van der Waals surface area contributed by atoms with E-state index in [4.69, 9.17) is 30.9 Å². The third kappa shape index (κ3) is 5.57. The van der Waals surface area contributed by atoms with Gasteiger partial charge in [0.1, 0.15) is 11.5 Å². The molecule has 0 atom stereocenters. The van der Waals surface area contributed by atoms with Crippen molar-refractivity contribution in [2.75, 3.05) is 14.2 Å². The Labute approximate surface area is 309 Å². The van der Waals surface area contributed by atoms with Crippen LogP contribution in [0.1, 0.15) is 44.9 Å². The summed E-state index contributed by atoms with van der Waals surface area (Å²) in [7, 11) is 7.00. The van der Waals surface area contributed by atoms with E-state index in [0.717, 1.165) is 90.6 Å². The fourth-order valence-corrected chi connectivity index (χ4v) is 7.76. The second-order valence-corrected chi connectivity index (χ2v) is 13.7. The average Bonchev–Trinajstić information content (AvgIpc) is 3.87. The average molecular weight is 725 g/mol. The van der Waals surface area contributed by atoms with E-state index < -0.39 is 11.8 Å². The van der Waals surface area contributed by atoms with Crippen LogP contribution in [0, 0.1) is 13.8 Å². The minimum atomic E-state index is -0.535. The number of pyridine rings is 2. The van der Waals surface area contributed by atoms with Crippen molar-refractivity contribution in [3.8, 4) is 34.3 Å². The van der Waals surface area contributed by atoms with Gasteiger partial charge in [0.15, 0.2) is 0 Å². The van der Waals surface area contributed by atoms with Gasteiger partial charge in [-0.1, -0.05) is 0 Å². The molecule has 0 unspecified atom stereocenters. The van der Waals surface area contributed by atoms with Crippen molar-refractivity contribution in [3.63, 3.8) is 0 Å². The van der Waals surface area contributed by atoms with E-state index in [9.17, 15) is 9.59 Å². The number of benzene rings is 2. The molecule has 2 aromatic carbocycles. The third-order valence-corrected chi connectivity index (χ3v) is 10.2. The molecule has 8 aromatic rings. The van der Waals surface area contributed by atoms with Crippen molar-refractivity contribution < 1.29 is 19.1 Å². The first-order valence-electron chi connectivity index (χ1n) is 17.6. The fourth-order valence-electron chi connectivity index (χ4n) is 7.76. The van der Waals surface area contributed by atoms with Crippen molar-refractivity contribution in [2.24, 2.45) is 25.6 Å². The zero-order chi connectivity index (χ0) is 38.0. The van der Waals surface area contributed by atoms with Gasteiger partial charge in [0.05, 0.1) is 70.4 Å². The Bertz CT molecular complexity index is 2630. The lowest BCUT2D eigenvalue weighted by molar-refractivity contribution is 0.0991. The Morgan fingerprint density at radius 2 is 1.02 bits per heavy atom. The number of carbonyl (C=O) groups is 2. The summed E-state index contributed by atoms with van der Waals surface area (Å²) < 4.78 is 19.9. The molecule has 8 rings (SSSR count). The molecule has 274 valence electrons. The Hall–Kier alpha value is -6.70. The molecule has 6 heterocycles. The third-order valence-electron chi connectivity index (χ3n) is 10.2. The first kappa shape index (κ1) is 34.4. The monoisotopic (exact) mass is 724 g/mol. The lowest BCUT2D eigenvalue weighted by atomic mass is 10.1. The van der Waals surface area contributed by atoms with Gasteiger partial charge in [-0.05, 0) is 75.2 Å². The number of rotatable bonds is 11. The van der Waals surface area contributed by atoms with Gasteiger partial charge in [0.25, 0.3) is 0 Å². The molecule has 6 aromatic heterocycles. The molecule has 0 fully saturated rings. The van der Waals surface area contributed by atoms with E-state index in [1.165, 1.54) is 0 Å². The highest BCUT2D eigenvalue weighted by Crippen LogP contribution is 2.39. The molecule has 2 amide bonds. The van der Waals surface area contributed by atoms with Crippen LogP contribution in [0.3, 0.4) is 0 Å². The molecule has 0 saturated carbocycles. The number of nitrogens with zero attached hydrogens (tertiary/aromatic N) is 8. The number of primary amides is 2. The largest absolute Gasteiger partial charge is 0.495 e. The van der Waals surface area contributed by atoms with Gasteiger partial charge in [-0.3, -0.25) is 28.9 Å². The molecule has 14 nitrogen and oxygen atoms in total. The predicted molar refractivity (Wildman–Crippen MR) is 208 cm³/mol. The van der Waals surface area contributed by atoms with Crippen molar-refractivity contribution in [1.82, 2.24) is 38.7 Å². The van der Waals surface area contributed by atoms with E-state index in [0.29, 0.717) is 35.7 Å². The lowest BCUT2D eigenvalue weighted by Gasteiger charge is -2.14. The van der Waals surface area contributed by atoms with Crippen LogP contribution >= 0.6 is 0 Å². The van der Waals surface area contributed by atoms with Crippen LogP contribution in [0.15, 0.2) is 60.9 Å². The molecule has 0 aliphatic rings. The van der Waals surface area contributed by atoms with Gasteiger partial charge in [0, 0.05) is 72.3 Å². The first-order valence-corrected chi connectivity index (χ1v) is 17.6. The maximum Gasteiger partial charge on any atom is 0.248 e. The Morgan fingerprint density at radius 3 is 1.35 bits per heavy atom. The zero-order valence-electron chi connectivity index (χ0n) is 31.0. The van der Waals surface area contributed by atoms with Crippen LogP contribution in [-0.2, 0) is 27.2 Å². The second kappa shape index (κ2) is 13.1. The SMILES string of the molecule is COc1cc(C(N)=O)cc2c3cnc(-c4cc(C)nn4C)cc3n(CCCCn3c4cc(-c5cc(C)nn5C)ncc4c4cc(C(N)=O)cc(OC)c43)c12. The number of ether oxygens (including phenoxy) is 2. The fraction of sp³-hybridized carbons (Fsp3) is 0.250. The Kier molecular flexibility index (Phi) is 8.32. The van der Waals surface area contributed by atoms with Gasteiger partial charge >= 0.3 is 0 Å². The zero-order valence-corrected chi connectivity index (χ0v) is 31.0. The summed E-state index contributed by atoms with van der Waals surface area (Å²) in [5.74, 6) is 0.0384. The van der Waals surface area contributed by atoms with Crippen LogP contribution in [0.25, 0.3) is 66.4 Å². The molecule has 4 N–H and O–H groups in total. The van der Waals surface area contributed by atoms with E-state index in [-0.39, 0.29) is 0 Å². The van der Waals surface area contributed by atoms with Crippen molar-refractivity contribution in [1.29, 1.82) is 0 Å². The van der Waals surface area contributed by atoms with Gasteiger partial charge in [-0.15, -0.1) is 0 Å². The van der Waals surface area contributed by atoms with E-state index in [1.807, 2.05) is 74.0 Å². The quantitative estimate of drug-likeness (QED) is 0.157. The minimum absolute atomic E-state index is 0.361. The number of unbranched alkanes of at least 4 members (excludes halogenated alkanes) is 1. The summed E-state index contributed by atoms with van der Waals surface area (Å²) in [6.07, 6.45) is 5.25. The normalized spacial score (nSPS) is 11.7. The number of aryl methyl sites for hydroxylation is 6. The molecule has 0 bridgehead atoms. The maximum atomic E-state index is 12.4.